The molecule has 138 valence electrons. The summed E-state index contributed by atoms with van der Waals surface area (Å²) in [6, 6.07) is 22.6. The second-order valence-corrected chi connectivity index (χ2v) is 5.95. The summed E-state index contributed by atoms with van der Waals surface area (Å²) in [6.45, 7) is 0. The summed E-state index contributed by atoms with van der Waals surface area (Å²) in [6.07, 6.45) is 6.99. The van der Waals surface area contributed by atoms with E-state index in [-0.39, 0.29) is 0 Å². The molecular weight excluding hydrogens is 352 g/mol. The smallest absolute Gasteiger partial charge is 0.307 e. The minimum Gasteiger partial charge on any atom is -0.307 e. The summed E-state index contributed by atoms with van der Waals surface area (Å²) in [7, 11) is 0. The molecular formula is C21H18N6O. The third kappa shape index (κ3) is 3.83. The maximum Gasteiger partial charge on any atom is 0.339 e. The lowest BCUT2D eigenvalue weighted by Gasteiger charge is -2.11. The molecule has 2 aromatic heterocycles. The van der Waals surface area contributed by atoms with Gasteiger partial charge in [0, 0.05) is 12.4 Å². The molecule has 0 atom stereocenters. The summed E-state index contributed by atoms with van der Waals surface area (Å²) in [5.74, 6) is 0.721. The molecule has 0 aliphatic rings. The molecule has 0 saturated carbocycles. The van der Waals surface area contributed by atoms with Gasteiger partial charge in [0.15, 0.2) is 5.82 Å². The molecule has 2 aromatic carbocycles. The molecule has 4 aromatic rings. The van der Waals surface area contributed by atoms with E-state index in [0.717, 1.165) is 17.1 Å². The first-order chi connectivity index (χ1) is 13.8. The Labute approximate surface area is 161 Å². The minimum atomic E-state index is -0.451. The van der Waals surface area contributed by atoms with E-state index in [2.05, 4.69) is 20.9 Å². The molecule has 2 N–H and O–H groups in total. The van der Waals surface area contributed by atoms with E-state index in [0.29, 0.717) is 5.69 Å². The van der Waals surface area contributed by atoms with Gasteiger partial charge in [0.2, 0.25) is 0 Å². The van der Waals surface area contributed by atoms with Crippen LogP contribution < -0.4 is 10.7 Å². The van der Waals surface area contributed by atoms with Gasteiger partial charge in [0.05, 0.1) is 18.1 Å². The number of nitrogens with zero attached hydrogens (tertiary/aromatic N) is 4. The fraction of sp³-hybridized carbons (Fsp3) is 0. The van der Waals surface area contributed by atoms with E-state index >= 15 is 0 Å². The van der Waals surface area contributed by atoms with Gasteiger partial charge in [-0.1, -0.05) is 48.5 Å². The van der Waals surface area contributed by atoms with Gasteiger partial charge in [-0.15, -0.1) is 0 Å². The molecule has 28 heavy (non-hydrogen) atoms. The summed E-state index contributed by atoms with van der Waals surface area (Å²) in [5.41, 5.74) is 4.82. The zero-order chi connectivity index (χ0) is 19.2. The van der Waals surface area contributed by atoms with E-state index in [9.17, 15) is 4.79 Å². The number of carbonyl (C=O) groups excluding carboxylic acids is 1. The van der Waals surface area contributed by atoms with Gasteiger partial charge >= 0.3 is 6.03 Å². The number of nitrogens with one attached hydrogen (secondary N) is 2. The van der Waals surface area contributed by atoms with E-state index in [1.165, 1.54) is 0 Å². The Hall–Kier alpha value is -4.13. The highest BCUT2D eigenvalue weighted by atomic mass is 16.2. The lowest BCUT2D eigenvalue weighted by atomic mass is 10.2. The second-order valence-electron chi connectivity index (χ2n) is 5.95. The Morgan fingerprint density at radius 1 is 0.929 bits per heavy atom. The maximum absolute atomic E-state index is 12.3. The number of para-hydroxylation sites is 1. The predicted octanol–water partition coefficient (Wildman–Crippen LogP) is 3.82. The fourth-order valence-corrected chi connectivity index (χ4v) is 2.77. The van der Waals surface area contributed by atoms with Crippen LogP contribution in [0.1, 0.15) is 5.56 Å². The van der Waals surface area contributed by atoms with Gasteiger partial charge in [0.1, 0.15) is 5.69 Å². The van der Waals surface area contributed by atoms with Crippen LogP contribution in [-0.4, -0.2) is 26.6 Å². The maximum atomic E-state index is 12.3. The largest absolute Gasteiger partial charge is 0.339 e. The quantitative estimate of drug-likeness (QED) is 0.414. The highest BCUT2D eigenvalue weighted by Crippen LogP contribution is 2.23. The second kappa shape index (κ2) is 8.05. The van der Waals surface area contributed by atoms with Crippen molar-refractivity contribution in [1.29, 1.82) is 0 Å². The summed E-state index contributed by atoms with van der Waals surface area (Å²) < 4.78 is 3.66. The van der Waals surface area contributed by atoms with E-state index in [1.807, 2.05) is 89.8 Å². The number of rotatable bonds is 5. The molecule has 7 nitrogen and oxygen atoms in total. The molecule has 4 rings (SSSR count). The standard InChI is InChI=1S/C21H18N6O/c28-21(25-22-15-17-9-3-1-4-10-17)24-19-16-23-27(18-11-5-2-6-12-18)20(19)26-13-7-8-14-26/h1-16H,(H2,24,25,28). The first-order valence-electron chi connectivity index (χ1n) is 8.73. The predicted molar refractivity (Wildman–Crippen MR) is 109 cm³/mol. The molecule has 0 aliphatic carbocycles. The topological polar surface area (TPSA) is 76.2 Å². The lowest BCUT2D eigenvalue weighted by molar-refractivity contribution is 0.252. The first kappa shape index (κ1) is 17.3. The number of carbonyl (C=O) groups is 1. The van der Waals surface area contributed by atoms with Crippen molar-refractivity contribution in [3.63, 3.8) is 0 Å². The highest BCUT2D eigenvalue weighted by molar-refractivity contribution is 5.92. The van der Waals surface area contributed by atoms with Crippen molar-refractivity contribution in [2.75, 3.05) is 5.32 Å². The molecule has 2 heterocycles. The van der Waals surface area contributed by atoms with E-state index in [4.69, 9.17) is 0 Å². The number of aromatic nitrogens is 3. The minimum absolute atomic E-state index is 0.451. The highest BCUT2D eigenvalue weighted by Gasteiger charge is 2.15. The monoisotopic (exact) mass is 370 g/mol. The average Bonchev–Trinajstić information content (AvgIpc) is 3.39. The average molecular weight is 370 g/mol. The van der Waals surface area contributed by atoms with Crippen LogP contribution in [0, 0.1) is 0 Å². The van der Waals surface area contributed by atoms with Crippen LogP contribution in [0.5, 0.6) is 0 Å². The number of anilines is 1. The number of hydrogen-bond donors (Lipinski definition) is 2. The molecule has 0 spiro atoms. The van der Waals surface area contributed by atoms with Crippen LogP contribution in [0.3, 0.4) is 0 Å². The van der Waals surface area contributed by atoms with E-state index < -0.39 is 6.03 Å². The zero-order valence-electron chi connectivity index (χ0n) is 14.9. The van der Waals surface area contributed by atoms with Crippen molar-refractivity contribution in [1.82, 2.24) is 19.8 Å². The number of amides is 2. The number of urea groups is 1. The van der Waals surface area contributed by atoms with Gasteiger partial charge in [-0.05, 0) is 29.8 Å². The summed E-state index contributed by atoms with van der Waals surface area (Å²) >= 11 is 0. The first-order valence-corrected chi connectivity index (χ1v) is 8.73. The van der Waals surface area contributed by atoms with Gasteiger partial charge in [-0.3, -0.25) is 0 Å². The van der Waals surface area contributed by atoms with Crippen molar-refractivity contribution in [2.24, 2.45) is 5.10 Å². The molecule has 0 radical (unpaired) electrons. The van der Waals surface area contributed by atoms with E-state index in [1.54, 1.807) is 17.1 Å². The number of benzene rings is 2. The third-order valence-corrected chi connectivity index (χ3v) is 4.02. The summed E-state index contributed by atoms with van der Waals surface area (Å²) in [5, 5.41) is 11.2. The van der Waals surface area contributed by atoms with Gasteiger partial charge in [-0.25, -0.2) is 14.9 Å². The van der Waals surface area contributed by atoms with Crippen molar-refractivity contribution >= 4 is 17.9 Å². The third-order valence-electron chi connectivity index (χ3n) is 4.02. The van der Waals surface area contributed by atoms with Gasteiger partial charge in [-0.2, -0.15) is 10.2 Å². The van der Waals surface area contributed by atoms with Crippen LogP contribution >= 0.6 is 0 Å². The summed E-state index contributed by atoms with van der Waals surface area (Å²) in [4.78, 5) is 12.3. The van der Waals surface area contributed by atoms with Crippen LogP contribution in [0.15, 0.2) is 96.5 Å². The zero-order valence-corrected chi connectivity index (χ0v) is 14.9. The molecule has 0 unspecified atom stereocenters. The fourth-order valence-electron chi connectivity index (χ4n) is 2.77. The van der Waals surface area contributed by atoms with Crippen molar-refractivity contribution in [2.45, 2.75) is 0 Å². The van der Waals surface area contributed by atoms with Crippen molar-refractivity contribution < 1.29 is 4.79 Å². The molecule has 7 heteroatoms. The van der Waals surface area contributed by atoms with Crippen molar-refractivity contribution in [3.05, 3.63) is 97.0 Å². The van der Waals surface area contributed by atoms with Gasteiger partial charge in [0.25, 0.3) is 0 Å². The van der Waals surface area contributed by atoms with Crippen LogP contribution in [0.25, 0.3) is 11.5 Å². The Kier molecular flexibility index (Phi) is 4.97. The Bertz CT molecular complexity index is 1070. The van der Waals surface area contributed by atoms with Crippen LogP contribution in [0.4, 0.5) is 10.5 Å². The molecule has 2 amide bonds. The molecule has 0 fully saturated rings. The number of hydrazone groups is 1. The lowest BCUT2D eigenvalue weighted by Crippen LogP contribution is -2.24. The molecule has 0 saturated heterocycles. The Morgan fingerprint density at radius 3 is 2.32 bits per heavy atom. The Morgan fingerprint density at radius 2 is 1.61 bits per heavy atom. The molecule has 0 bridgehead atoms. The molecule has 0 aliphatic heterocycles. The Balaban J connectivity index is 1.55. The van der Waals surface area contributed by atoms with Gasteiger partial charge < -0.3 is 9.88 Å². The van der Waals surface area contributed by atoms with Crippen molar-refractivity contribution in [3.8, 4) is 11.5 Å². The normalized spacial score (nSPS) is 10.9. The van der Waals surface area contributed by atoms with Crippen LogP contribution in [-0.2, 0) is 0 Å². The van der Waals surface area contributed by atoms with Crippen LogP contribution in [0.2, 0.25) is 0 Å². The number of hydrogen-bond acceptors (Lipinski definition) is 3. The SMILES string of the molecule is O=C(NN=Cc1ccccc1)Nc1cnn(-c2ccccc2)c1-n1cccc1.